The number of amides is 2. The maximum atomic E-state index is 12.9. The lowest BCUT2D eigenvalue weighted by atomic mass is 9.96. The third-order valence-corrected chi connectivity index (χ3v) is 6.07. The molecular formula is C21H30N6O2. The second kappa shape index (κ2) is 8.80. The van der Waals surface area contributed by atoms with Crippen LogP contribution in [0.2, 0.25) is 0 Å². The van der Waals surface area contributed by atoms with Gasteiger partial charge in [-0.2, -0.15) is 0 Å². The molecule has 1 aliphatic carbocycles. The molecule has 2 fully saturated rings. The molecule has 2 amide bonds. The van der Waals surface area contributed by atoms with Gasteiger partial charge in [0.1, 0.15) is 5.52 Å². The summed E-state index contributed by atoms with van der Waals surface area (Å²) in [5, 5.41) is 6.23. The fraction of sp³-hybridized carbons (Fsp3) is 0.619. The number of aromatic nitrogens is 3. The van der Waals surface area contributed by atoms with E-state index in [2.05, 4.69) is 20.6 Å². The van der Waals surface area contributed by atoms with Crippen molar-refractivity contribution in [3.63, 3.8) is 0 Å². The number of nitrogens with zero attached hydrogens (tertiary/aromatic N) is 4. The zero-order chi connectivity index (χ0) is 20.2. The highest BCUT2D eigenvalue weighted by Gasteiger charge is 2.25. The van der Waals surface area contributed by atoms with Crippen LogP contribution in [0, 0.1) is 0 Å². The number of aryl methyl sites for hydroxylation is 1. The Kier molecular flexibility index (Phi) is 5.97. The lowest BCUT2D eigenvalue weighted by Crippen LogP contribution is -2.51. The molecule has 4 rings (SSSR count). The van der Waals surface area contributed by atoms with Crippen LogP contribution < -0.4 is 21.1 Å². The van der Waals surface area contributed by atoms with Crippen LogP contribution in [0.4, 0.5) is 10.6 Å². The van der Waals surface area contributed by atoms with Crippen LogP contribution in [0.15, 0.2) is 23.1 Å². The second-order valence-electron chi connectivity index (χ2n) is 8.05. The molecule has 29 heavy (non-hydrogen) atoms. The molecule has 2 aliphatic rings. The van der Waals surface area contributed by atoms with Gasteiger partial charge in [-0.05, 0) is 44.7 Å². The number of fused-ring (bicyclic) bond motifs is 1. The van der Waals surface area contributed by atoms with E-state index in [9.17, 15) is 9.59 Å². The minimum Gasteiger partial charge on any atom is -0.352 e. The topological polar surface area (TPSA) is 92.2 Å². The highest BCUT2D eigenvalue weighted by molar-refractivity contribution is 5.74. The highest BCUT2D eigenvalue weighted by atomic mass is 16.2. The van der Waals surface area contributed by atoms with Crippen LogP contribution in [0.3, 0.4) is 0 Å². The van der Waals surface area contributed by atoms with Gasteiger partial charge < -0.3 is 15.5 Å². The van der Waals surface area contributed by atoms with Gasteiger partial charge in [-0.1, -0.05) is 19.3 Å². The van der Waals surface area contributed by atoms with Crippen LogP contribution in [0.5, 0.6) is 0 Å². The second-order valence-corrected chi connectivity index (χ2v) is 8.05. The molecule has 0 aromatic carbocycles. The van der Waals surface area contributed by atoms with Crippen molar-refractivity contribution < 1.29 is 4.79 Å². The Balaban J connectivity index is 1.39. The Hall–Kier alpha value is -2.64. The lowest BCUT2D eigenvalue weighted by Gasteiger charge is -2.33. The van der Waals surface area contributed by atoms with Crippen LogP contribution in [0.25, 0.3) is 11.2 Å². The number of hydrogen-bond acceptors (Lipinski definition) is 5. The van der Waals surface area contributed by atoms with E-state index in [1.165, 1.54) is 19.3 Å². The van der Waals surface area contributed by atoms with Crippen molar-refractivity contribution in [2.24, 2.45) is 0 Å². The Labute approximate surface area is 170 Å². The molecule has 1 saturated carbocycles. The number of hydrogen-bond donors (Lipinski definition) is 2. The zero-order valence-corrected chi connectivity index (χ0v) is 17.1. The van der Waals surface area contributed by atoms with Gasteiger partial charge in [0.2, 0.25) is 0 Å². The third kappa shape index (κ3) is 4.36. The molecule has 8 nitrogen and oxygen atoms in total. The molecule has 2 aromatic heterocycles. The first kappa shape index (κ1) is 19.7. The number of urea groups is 1. The quantitative estimate of drug-likeness (QED) is 0.825. The van der Waals surface area contributed by atoms with Crippen LogP contribution in [-0.2, 0) is 6.54 Å². The van der Waals surface area contributed by atoms with E-state index in [0.717, 1.165) is 31.2 Å². The standard InChI is InChI=1S/C21H30N6O2/c1-2-27-18-17(9-6-12-22-18)25-19(20(27)28)26-13-10-16(11-14-26)24-21(29)23-15-7-4-3-5-8-15/h6,9,12,15-16H,2-5,7-8,10-11,13-14H2,1H3,(H2,23,24,29). The van der Waals surface area contributed by atoms with Gasteiger partial charge in [-0.25, -0.2) is 14.8 Å². The van der Waals surface area contributed by atoms with Crippen molar-refractivity contribution in [1.29, 1.82) is 0 Å². The highest BCUT2D eigenvalue weighted by Crippen LogP contribution is 2.19. The molecule has 0 radical (unpaired) electrons. The van der Waals surface area contributed by atoms with E-state index in [1.54, 1.807) is 10.8 Å². The van der Waals surface area contributed by atoms with Crippen molar-refractivity contribution in [3.05, 3.63) is 28.7 Å². The zero-order valence-electron chi connectivity index (χ0n) is 17.1. The molecule has 2 aromatic rings. The van der Waals surface area contributed by atoms with Gasteiger partial charge in [0, 0.05) is 37.9 Å². The lowest BCUT2D eigenvalue weighted by molar-refractivity contribution is 0.226. The van der Waals surface area contributed by atoms with Crippen molar-refractivity contribution in [2.45, 2.75) is 70.5 Å². The van der Waals surface area contributed by atoms with Crippen LogP contribution in [-0.4, -0.2) is 45.7 Å². The van der Waals surface area contributed by atoms with Gasteiger partial charge in [0.05, 0.1) is 0 Å². The number of carbonyl (C=O) groups excluding carboxylic acids is 1. The number of piperidine rings is 1. The van der Waals surface area contributed by atoms with Crippen molar-refractivity contribution in [2.75, 3.05) is 18.0 Å². The molecular weight excluding hydrogens is 368 g/mol. The maximum Gasteiger partial charge on any atom is 0.315 e. The van der Waals surface area contributed by atoms with Crippen LogP contribution in [0.1, 0.15) is 51.9 Å². The van der Waals surface area contributed by atoms with Gasteiger partial charge in [-0.15, -0.1) is 0 Å². The maximum absolute atomic E-state index is 12.9. The summed E-state index contributed by atoms with van der Waals surface area (Å²) in [7, 11) is 0. The van der Waals surface area contributed by atoms with Gasteiger partial charge >= 0.3 is 6.03 Å². The number of anilines is 1. The summed E-state index contributed by atoms with van der Waals surface area (Å²) in [5.74, 6) is 0.484. The summed E-state index contributed by atoms with van der Waals surface area (Å²) in [6.07, 6.45) is 9.13. The average Bonchev–Trinajstić information content (AvgIpc) is 2.75. The molecule has 0 spiro atoms. The third-order valence-electron chi connectivity index (χ3n) is 6.07. The number of carbonyl (C=O) groups is 1. The Morgan fingerprint density at radius 1 is 1.10 bits per heavy atom. The van der Waals surface area contributed by atoms with E-state index in [1.807, 2.05) is 24.0 Å². The SMILES string of the molecule is CCn1c(=O)c(N2CCC(NC(=O)NC3CCCCC3)CC2)nc2cccnc21. The van der Waals surface area contributed by atoms with E-state index in [4.69, 9.17) is 0 Å². The summed E-state index contributed by atoms with van der Waals surface area (Å²) in [6.45, 7) is 3.90. The molecule has 1 aliphatic heterocycles. The van der Waals surface area contributed by atoms with Gasteiger partial charge in [0.25, 0.3) is 5.56 Å². The summed E-state index contributed by atoms with van der Waals surface area (Å²) in [6, 6.07) is 4.11. The van der Waals surface area contributed by atoms with Crippen LogP contribution >= 0.6 is 0 Å². The smallest absolute Gasteiger partial charge is 0.315 e. The first-order valence-electron chi connectivity index (χ1n) is 10.8. The summed E-state index contributed by atoms with van der Waals surface area (Å²) in [5.41, 5.74) is 1.26. The number of nitrogens with one attached hydrogen (secondary N) is 2. The van der Waals surface area contributed by atoms with Crippen molar-refractivity contribution in [3.8, 4) is 0 Å². The molecule has 8 heteroatoms. The van der Waals surface area contributed by atoms with Gasteiger partial charge in [-0.3, -0.25) is 9.36 Å². The molecule has 2 N–H and O–H groups in total. The van der Waals surface area contributed by atoms with Crippen molar-refractivity contribution >= 4 is 23.0 Å². The van der Waals surface area contributed by atoms with Gasteiger partial charge in [0.15, 0.2) is 11.5 Å². The average molecular weight is 399 g/mol. The molecule has 0 bridgehead atoms. The predicted molar refractivity (Wildman–Crippen MR) is 113 cm³/mol. The largest absolute Gasteiger partial charge is 0.352 e. The van der Waals surface area contributed by atoms with E-state index in [0.29, 0.717) is 37.1 Å². The van der Waals surface area contributed by atoms with Crippen molar-refractivity contribution in [1.82, 2.24) is 25.2 Å². The molecule has 0 unspecified atom stereocenters. The Morgan fingerprint density at radius 3 is 2.48 bits per heavy atom. The van der Waals surface area contributed by atoms with E-state index in [-0.39, 0.29) is 17.6 Å². The Morgan fingerprint density at radius 2 is 1.79 bits per heavy atom. The molecule has 3 heterocycles. The Bertz CT molecular complexity index is 913. The molecule has 0 atom stereocenters. The van der Waals surface area contributed by atoms with E-state index >= 15 is 0 Å². The molecule has 1 saturated heterocycles. The summed E-state index contributed by atoms with van der Waals surface area (Å²) >= 11 is 0. The number of pyridine rings is 1. The minimum atomic E-state index is -0.0971. The predicted octanol–water partition coefficient (Wildman–Crippen LogP) is 2.41. The first-order chi connectivity index (χ1) is 14.2. The summed E-state index contributed by atoms with van der Waals surface area (Å²) < 4.78 is 1.68. The minimum absolute atomic E-state index is 0.0569. The number of rotatable bonds is 4. The normalized spacial score (nSPS) is 18.7. The monoisotopic (exact) mass is 398 g/mol. The molecule has 156 valence electrons. The van der Waals surface area contributed by atoms with E-state index < -0.39 is 0 Å². The fourth-order valence-electron chi connectivity index (χ4n) is 4.46. The summed E-state index contributed by atoms with van der Waals surface area (Å²) in [4.78, 5) is 36.2. The fourth-order valence-corrected chi connectivity index (χ4v) is 4.46. The first-order valence-corrected chi connectivity index (χ1v) is 10.8.